The second kappa shape index (κ2) is 8.91. The number of ketones is 2. The summed E-state index contributed by atoms with van der Waals surface area (Å²) in [6.07, 6.45) is -0.112. The molecule has 7 N–H and O–H groups in total. The number of amides is 2. The Morgan fingerprint density at radius 2 is 1.84 bits per heavy atom. The van der Waals surface area contributed by atoms with Gasteiger partial charge in [-0.15, -0.1) is 0 Å². The van der Waals surface area contributed by atoms with E-state index in [1.54, 1.807) is 38.9 Å². The minimum Gasteiger partial charge on any atom is -0.508 e. The molecule has 0 radical (unpaired) electrons. The minimum atomic E-state index is -2.61. The van der Waals surface area contributed by atoms with Crippen LogP contribution in [0.4, 0.5) is 5.69 Å². The first kappa shape index (κ1) is 26.2. The lowest BCUT2D eigenvalue weighted by Gasteiger charge is -2.46. The molecular weight excluding hydrogens is 482 g/mol. The monoisotopic (exact) mass is 513 g/mol. The fourth-order valence-corrected chi connectivity index (χ4v) is 5.64. The van der Waals surface area contributed by atoms with E-state index in [0.29, 0.717) is 16.8 Å². The number of nitrogens with zero attached hydrogens (tertiary/aromatic N) is 1. The van der Waals surface area contributed by atoms with Crippen molar-refractivity contribution in [1.82, 2.24) is 5.32 Å². The smallest absolute Gasteiger partial charge is 0.255 e. The zero-order valence-electron chi connectivity index (χ0n) is 21.1. The predicted octanol–water partition coefficient (Wildman–Crippen LogP) is 0.762. The molecule has 3 aliphatic rings. The first-order valence-electron chi connectivity index (χ1n) is 12.0. The Kier molecular flexibility index (Phi) is 6.31. The maximum atomic E-state index is 13.7. The number of rotatable bonds is 5. The number of phenols is 1. The number of aliphatic hydroxyl groups excluding tert-OH is 2. The Hall–Kier alpha value is -3.86. The molecule has 37 heavy (non-hydrogen) atoms. The van der Waals surface area contributed by atoms with Crippen LogP contribution >= 0.6 is 0 Å². The van der Waals surface area contributed by atoms with Crippen LogP contribution in [-0.2, 0) is 32.1 Å². The summed E-state index contributed by atoms with van der Waals surface area (Å²) in [5.74, 6) is -7.25. The van der Waals surface area contributed by atoms with E-state index in [4.69, 9.17) is 5.73 Å². The number of aromatic hydroxyl groups is 1. The third-order valence-corrected chi connectivity index (χ3v) is 7.58. The molecule has 11 heteroatoms. The second-order valence-electron chi connectivity index (χ2n) is 10.4. The van der Waals surface area contributed by atoms with Gasteiger partial charge < -0.3 is 36.4 Å². The van der Waals surface area contributed by atoms with Crippen molar-refractivity contribution in [3.8, 4) is 5.75 Å². The molecule has 1 saturated carbocycles. The number of carbonyl (C=O) groups excluding carboxylic acids is 4. The molecule has 1 aromatic rings. The van der Waals surface area contributed by atoms with E-state index >= 15 is 0 Å². The van der Waals surface area contributed by atoms with Crippen LogP contribution in [0.5, 0.6) is 5.75 Å². The van der Waals surface area contributed by atoms with Crippen molar-refractivity contribution in [2.24, 2.45) is 23.5 Å². The molecule has 0 bridgehead atoms. The van der Waals surface area contributed by atoms with E-state index in [1.807, 2.05) is 0 Å². The Bertz CT molecular complexity index is 1310. The SMILES string of the molecule is CC(C)C(=O)NCc1cc(N(C)C)c2c(c1O)C(O)=C1C(=O)[C@]3(O)C(O)=C(C(N)=O)C(=O)C[C@@H]3C[C@@H]1C2. The molecule has 0 aromatic heterocycles. The zero-order valence-corrected chi connectivity index (χ0v) is 21.1. The van der Waals surface area contributed by atoms with Gasteiger partial charge in [0.15, 0.2) is 11.4 Å². The standard InChI is InChI=1S/C26H31N3O8/c1-10(2)25(36)28-9-12-7-15(29(3)4)14-6-11-5-13-8-16(30)19(24(27)35)23(34)26(13,37)22(33)17(11)21(32)18(14)20(12)31/h7,10-11,13,31-32,34,37H,5-6,8-9H2,1-4H3,(H2,27,35)(H,28,36)/t11-,13+,26+/m1/s1. The quantitative estimate of drug-likeness (QED) is 0.309. The molecule has 0 saturated heterocycles. The molecule has 4 rings (SSSR count). The highest BCUT2D eigenvalue weighted by atomic mass is 16.3. The van der Waals surface area contributed by atoms with E-state index in [-0.39, 0.29) is 54.5 Å². The highest BCUT2D eigenvalue weighted by molar-refractivity contribution is 6.22. The maximum absolute atomic E-state index is 13.7. The number of anilines is 1. The minimum absolute atomic E-state index is 0.00729. The van der Waals surface area contributed by atoms with Crippen molar-refractivity contribution in [2.45, 2.75) is 45.3 Å². The van der Waals surface area contributed by atoms with Gasteiger partial charge in [0.2, 0.25) is 11.7 Å². The number of phenolic OH excluding ortho intramolecular Hbond substituents is 1. The van der Waals surface area contributed by atoms with Crippen LogP contribution in [0, 0.1) is 17.8 Å². The van der Waals surface area contributed by atoms with Gasteiger partial charge in [-0.25, -0.2) is 0 Å². The number of Topliss-reactive ketones (excluding diaryl/α,β-unsaturated/α-hetero) is 2. The van der Waals surface area contributed by atoms with E-state index in [1.165, 1.54) is 0 Å². The summed E-state index contributed by atoms with van der Waals surface area (Å²) < 4.78 is 0. The number of benzene rings is 1. The molecule has 1 fully saturated rings. The highest BCUT2D eigenvalue weighted by Crippen LogP contribution is 2.53. The Balaban J connectivity index is 1.89. The number of fused-ring (bicyclic) bond motifs is 3. The van der Waals surface area contributed by atoms with Crippen molar-refractivity contribution < 1.29 is 39.6 Å². The van der Waals surface area contributed by atoms with Gasteiger partial charge in [-0.3, -0.25) is 19.2 Å². The van der Waals surface area contributed by atoms with Crippen LogP contribution in [-0.4, -0.2) is 63.5 Å². The fraction of sp³-hybridized carbons (Fsp3) is 0.462. The van der Waals surface area contributed by atoms with Crippen LogP contribution < -0.4 is 16.0 Å². The molecule has 0 spiro atoms. The number of aliphatic hydroxyl groups is 3. The van der Waals surface area contributed by atoms with E-state index in [0.717, 1.165) is 0 Å². The third kappa shape index (κ3) is 3.85. The largest absolute Gasteiger partial charge is 0.508 e. The Morgan fingerprint density at radius 3 is 2.41 bits per heavy atom. The Labute approximate surface area is 213 Å². The van der Waals surface area contributed by atoms with Gasteiger partial charge in [0.05, 0.1) is 5.56 Å². The molecule has 2 amide bonds. The fourth-order valence-electron chi connectivity index (χ4n) is 5.64. The summed E-state index contributed by atoms with van der Waals surface area (Å²) in [7, 11) is 3.55. The molecule has 0 aliphatic heterocycles. The van der Waals surface area contributed by atoms with Crippen LogP contribution in [0.25, 0.3) is 5.76 Å². The van der Waals surface area contributed by atoms with Gasteiger partial charge in [-0.1, -0.05) is 13.8 Å². The van der Waals surface area contributed by atoms with Crippen LogP contribution in [0.3, 0.4) is 0 Å². The number of nitrogens with one attached hydrogen (secondary N) is 1. The van der Waals surface area contributed by atoms with Gasteiger partial charge in [0, 0.05) is 55.7 Å². The van der Waals surface area contributed by atoms with Gasteiger partial charge in [0.25, 0.3) is 5.91 Å². The summed E-state index contributed by atoms with van der Waals surface area (Å²) in [6, 6.07) is 1.70. The Morgan fingerprint density at radius 1 is 1.19 bits per heavy atom. The van der Waals surface area contributed by atoms with Gasteiger partial charge in [0.1, 0.15) is 22.8 Å². The van der Waals surface area contributed by atoms with Crippen molar-refractivity contribution >= 4 is 34.8 Å². The molecule has 3 aliphatic carbocycles. The zero-order chi connectivity index (χ0) is 27.6. The van der Waals surface area contributed by atoms with Crippen molar-refractivity contribution in [3.63, 3.8) is 0 Å². The normalized spacial score (nSPS) is 25.0. The van der Waals surface area contributed by atoms with Gasteiger partial charge in [-0.05, 0) is 30.4 Å². The lowest BCUT2D eigenvalue weighted by molar-refractivity contribution is -0.147. The van der Waals surface area contributed by atoms with Crippen molar-refractivity contribution in [2.75, 3.05) is 19.0 Å². The molecule has 0 unspecified atom stereocenters. The number of hydrogen-bond acceptors (Lipinski definition) is 9. The van der Waals surface area contributed by atoms with Crippen molar-refractivity contribution in [3.05, 3.63) is 39.7 Å². The van der Waals surface area contributed by atoms with Gasteiger partial charge >= 0.3 is 0 Å². The lowest BCUT2D eigenvalue weighted by Crippen LogP contribution is -2.58. The van der Waals surface area contributed by atoms with Gasteiger partial charge in [-0.2, -0.15) is 0 Å². The molecule has 11 nitrogen and oxygen atoms in total. The predicted molar refractivity (Wildman–Crippen MR) is 132 cm³/mol. The first-order valence-corrected chi connectivity index (χ1v) is 12.0. The summed E-state index contributed by atoms with van der Waals surface area (Å²) >= 11 is 0. The lowest BCUT2D eigenvalue weighted by atomic mass is 9.59. The first-order chi connectivity index (χ1) is 17.2. The molecular formula is C26H31N3O8. The average Bonchev–Trinajstić information content (AvgIpc) is 2.80. The number of nitrogens with two attached hydrogens (primary N) is 1. The van der Waals surface area contributed by atoms with E-state index < -0.39 is 52.0 Å². The second-order valence-corrected chi connectivity index (χ2v) is 10.4. The molecule has 1 aromatic carbocycles. The molecule has 3 atom stereocenters. The number of primary amides is 1. The summed E-state index contributed by atoms with van der Waals surface area (Å²) in [4.78, 5) is 51.8. The maximum Gasteiger partial charge on any atom is 0.255 e. The third-order valence-electron chi connectivity index (χ3n) is 7.58. The van der Waals surface area contributed by atoms with Crippen LogP contribution in [0.15, 0.2) is 23.0 Å². The topological polar surface area (TPSA) is 190 Å². The molecule has 198 valence electrons. The summed E-state index contributed by atoms with van der Waals surface area (Å²) in [5, 5.41) is 47.2. The summed E-state index contributed by atoms with van der Waals surface area (Å²) in [5.41, 5.74) is 3.08. The molecule has 0 heterocycles. The van der Waals surface area contributed by atoms with Crippen LogP contribution in [0.1, 0.15) is 43.4 Å². The van der Waals surface area contributed by atoms with E-state index in [2.05, 4.69) is 5.32 Å². The number of hydrogen-bond donors (Lipinski definition) is 6. The average molecular weight is 514 g/mol. The van der Waals surface area contributed by atoms with Crippen LogP contribution in [0.2, 0.25) is 0 Å². The van der Waals surface area contributed by atoms with E-state index in [9.17, 15) is 39.6 Å². The highest BCUT2D eigenvalue weighted by Gasteiger charge is 2.60. The number of carbonyl (C=O) groups is 4. The summed E-state index contributed by atoms with van der Waals surface area (Å²) in [6.45, 7) is 3.42. The van der Waals surface area contributed by atoms with Crippen molar-refractivity contribution in [1.29, 1.82) is 0 Å².